The fourth-order valence-electron chi connectivity index (χ4n) is 4.56. The maximum atomic E-state index is 13.6. The summed E-state index contributed by atoms with van der Waals surface area (Å²) in [5.41, 5.74) is 2.02. The second-order valence-electron chi connectivity index (χ2n) is 9.76. The van der Waals surface area contributed by atoms with Gasteiger partial charge in [0.25, 0.3) is 0 Å². The van der Waals surface area contributed by atoms with E-state index in [0.29, 0.717) is 39.9 Å². The number of nitrogens with zero attached hydrogens (tertiary/aromatic N) is 9. The average molecular weight is 584 g/mol. The quantitative estimate of drug-likeness (QED) is 0.238. The third-order valence-electron chi connectivity index (χ3n) is 6.70. The van der Waals surface area contributed by atoms with Crippen LogP contribution in [0.25, 0.3) is 11.4 Å². The Balaban J connectivity index is 1.75. The van der Waals surface area contributed by atoms with Crippen molar-refractivity contribution in [3.05, 3.63) is 60.4 Å². The molecule has 0 amide bonds. The topological polar surface area (TPSA) is 105 Å². The highest BCUT2D eigenvalue weighted by atomic mass is 19.4. The minimum atomic E-state index is -4.51. The van der Waals surface area contributed by atoms with Crippen LogP contribution in [0.4, 0.5) is 36.2 Å². The summed E-state index contributed by atoms with van der Waals surface area (Å²) in [5.74, 6) is 1.54. The number of para-hydroxylation sites is 1. The number of carbonyl (C=O) groups excluding carboxylic acids is 1. The van der Waals surface area contributed by atoms with Crippen LogP contribution in [0.15, 0.2) is 49.2 Å². The highest BCUT2D eigenvalue weighted by Gasteiger charge is 2.43. The van der Waals surface area contributed by atoms with Crippen LogP contribution in [0.2, 0.25) is 0 Å². The zero-order valence-corrected chi connectivity index (χ0v) is 24.4. The van der Waals surface area contributed by atoms with Gasteiger partial charge in [-0.2, -0.15) is 18.3 Å². The number of methoxy groups -OCH3 is 1. The normalized spacial score (nSPS) is 12.4. The molecule has 0 saturated heterocycles. The summed E-state index contributed by atoms with van der Waals surface area (Å²) in [5, 5.41) is 4.39. The third-order valence-corrected chi connectivity index (χ3v) is 6.70. The van der Waals surface area contributed by atoms with Crippen LogP contribution in [-0.2, 0) is 7.05 Å². The number of ether oxygens (including phenoxy) is 1. The second kappa shape index (κ2) is 12.1. The van der Waals surface area contributed by atoms with Gasteiger partial charge in [0.05, 0.1) is 47.7 Å². The number of ketones is 1. The summed E-state index contributed by atoms with van der Waals surface area (Å²) in [4.78, 5) is 34.5. The number of aryl methyl sites for hydroxylation is 1. The first kappa shape index (κ1) is 30.4. The molecule has 1 aromatic carbocycles. The van der Waals surface area contributed by atoms with Crippen molar-refractivity contribution in [3.63, 3.8) is 0 Å². The Morgan fingerprint density at radius 2 is 1.69 bits per heavy atom. The maximum Gasteiger partial charge on any atom is 0.409 e. The van der Waals surface area contributed by atoms with Gasteiger partial charge in [0.2, 0.25) is 0 Å². The second-order valence-corrected chi connectivity index (χ2v) is 9.76. The van der Waals surface area contributed by atoms with Gasteiger partial charge in [-0.05, 0) is 26.2 Å². The monoisotopic (exact) mass is 583 g/mol. The Hall–Kier alpha value is -4.59. The maximum absolute atomic E-state index is 13.6. The van der Waals surface area contributed by atoms with Gasteiger partial charge < -0.3 is 14.5 Å². The molecule has 4 rings (SSSR count). The number of hydrogen-bond acceptors (Lipinski definition) is 10. The van der Waals surface area contributed by atoms with Gasteiger partial charge in [0.1, 0.15) is 12.1 Å². The van der Waals surface area contributed by atoms with Gasteiger partial charge in [-0.3, -0.25) is 19.4 Å². The average Bonchev–Trinajstić information content (AvgIpc) is 3.40. The lowest BCUT2D eigenvalue weighted by Gasteiger charge is -2.27. The van der Waals surface area contributed by atoms with Gasteiger partial charge in [-0.15, -0.1) is 0 Å². The van der Waals surface area contributed by atoms with Crippen LogP contribution in [0, 0.1) is 0 Å². The summed E-state index contributed by atoms with van der Waals surface area (Å²) in [7, 11) is 9.44. The molecule has 3 aromatic heterocycles. The first-order valence-corrected chi connectivity index (χ1v) is 13.0. The number of halogens is 3. The molecule has 0 saturated carbocycles. The molecule has 0 aliphatic carbocycles. The lowest BCUT2D eigenvalue weighted by atomic mass is 10.1. The van der Waals surface area contributed by atoms with Crippen molar-refractivity contribution in [2.75, 3.05) is 45.1 Å². The van der Waals surface area contributed by atoms with E-state index >= 15 is 0 Å². The summed E-state index contributed by atoms with van der Waals surface area (Å²) in [6, 6.07) is 5.35. The molecule has 222 valence electrons. The fourth-order valence-corrected chi connectivity index (χ4v) is 4.56. The van der Waals surface area contributed by atoms with E-state index in [2.05, 4.69) is 25.0 Å². The van der Waals surface area contributed by atoms with Gasteiger partial charge in [0.15, 0.2) is 29.2 Å². The minimum Gasteiger partial charge on any atom is -0.494 e. The predicted octanol–water partition coefficient (Wildman–Crippen LogP) is 4.97. The number of Topliss-reactive ketones (excluding diaryl/α,β-unsaturated/α-hetero) is 1. The van der Waals surface area contributed by atoms with E-state index in [0.717, 1.165) is 11.1 Å². The van der Waals surface area contributed by atoms with Crippen LogP contribution < -0.4 is 14.5 Å². The van der Waals surface area contributed by atoms with Crippen molar-refractivity contribution >= 4 is 28.8 Å². The van der Waals surface area contributed by atoms with E-state index in [-0.39, 0.29) is 23.7 Å². The summed E-state index contributed by atoms with van der Waals surface area (Å²) >= 11 is 0. The zero-order chi connectivity index (χ0) is 30.8. The number of anilines is 4. The van der Waals surface area contributed by atoms with Gasteiger partial charge >= 0.3 is 6.18 Å². The van der Waals surface area contributed by atoms with E-state index < -0.39 is 12.2 Å². The molecule has 0 N–H and O–H groups in total. The van der Waals surface area contributed by atoms with E-state index in [9.17, 15) is 18.0 Å². The number of carbonyl (C=O) groups is 1. The third kappa shape index (κ3) is 6.03. The van der Waals surface area contributed by atoms with Gasteiger partial charge in [-0.1, -0.05) is 13.0 Å². The minimum absolute atomic E-state index is 0.119. The Bertz CT molecular complexity index is 1560. The molecule has 3 heterocycles. The van der Waals surface area contributed by atoms with Crippen molar-refractivity contribution in [2.24, 2.45) is 7.05 Å². The number of benzene rings is 1. The summed E-state index contributed by atoms with van der Waals surface area (Å²) in [6.45, 7) is 1.76. The van der Waals surface area contributed by atoms with Crippen molar-refractivity contribution in [1.29, 1.82) is 0 Å². The SMILES string of the molecule is CCC(=O)c1cnc(N(C)c2cnc(C(N(C)C)C(F)(F)F)cn2)cc1N(C)c1cccc(-c2ncn(C)n2)c1OC. The molecule has 42 heavy (non-hydrogen) atoms. The van der Waals surface area contributed by atoms with E-state index in [1.807, 2.05) is 23.1 Å². The van der Waals surface area contributed by atoms with Gasteiger partial charge in [-0.25, -0.2) is 15.0 Å². The zero-order valence-electron chi connectivity index (χ0n) is 24.4. The van der Waals surface area contributed by atoms with Crippen LogP contribution in [0.5, 0.6) is 5.75 Å². The molecule has 0 bridgehead atoms. The van der Waals surface area contributed by atoms with E-state index in [1.54, 1.807) is 57.2 Å². The number of pyridine rings is 1. The van der Waals surface area contributed by atoms with Crippen LogP contribution >= 0.6 is 0 Å². The summed E-state index contributed by atoms with van der Waals surface area (Å²) in [6.07, 6.45) is 1.18. The fraction of sp³-hybridized carbons (Fsp3) is 0.357. The lowest BCUT2D eigenvalue weighted by Crippen LogP contribution is -2.34. The molecule has 0 aliphatic heterocycles. The highest BCUT2D eigenvalue weighted by molar-refractivity contribution is 6.02. The molecule has 11 nitrogen and oxygen atoms in total. The highest BCUT2D eigenvalue weighted by Crippen LogP contribution is 2.41. The van der Waals surface area contributed by atoms with E-state index in [4.69, 9.17) is 4.74 Å². The molecule has 0 radical (unpaired) electrons. The van der Waals surface area contributed by atoms with Gasteiger partial charge in [0, 0.05) is 39.8 Å². The van der Waals surface area contributed by atoms with Crippen LogP contribution in [0.3, 0.4) is 0 Å². The number of hydrogen-bond donors (Lipinski definition) is 0. The van der Waals surface area contributed by atoms with Crippen molar-refractivity contribution in [3.8, 4) is 17.1 Å². The Labute approximate surface area is 241 Å². The smallest absolute Gasteiger partial charge is 0.409 e. The number of rotatable bonds is 10. The lowest BCUT2D eigenvalue weighted by molar-refractivity contribution is -0.180. The molecule has 14 heteroatoms. The Morgan fingerprint density at radius 3 is 2.24 bits per heavy atom. The molecule has 4 aromatic rings. The molecular formula is C28H32F3N9O2. The number of aromatic nitrogens is 6. The van der Waals surface area contributed by atoms with Crippen LogP contribution in [0.1, 0.15) is 35.4 Å². The van der Waals surface area contributed by atoms with Crippen molar-refractivity contribution in [1.82, 2.24) is 34.6 Å². The number of alkyl halides is 3. The standard InChI is InChI=1S/C28H32F3N9O2/c1-8-22(41)18-13-33-23(40(6)24-15-32-19(14-34-24)26(37(2)3)28(29,30)31)12-21(18)39(5)20-11-9-10-17(25(20)42-7)27-35-16-38(4)36-27/h9-16,26H,8H2,1-7H3. The Kier molecular flexibility index (Phi) is 8.75. The van der Waals surface area contributed by atoms with Crippen LogP contribution in [-0.4, -0.2) is 81.9 Å². The Morgan fingerprint density at radius 1 is 0.976 bits per heavy atom. The first-order valence-electron chi connectivity index (χ1n) is 13.0. The molecule has 0 spiro atoms. The van der Waals surface area contributed by atoms with Crippen molar-refractivity contribution in [2.45, 2.75) is 25.6 Å². The summed E-state index contributed by atoms with van der Waals surface area (Å²) < 4.78 is 48.1. The molecular weight excluding hydrogens is 551 g/mol. The largest absolute Gasteiger partial charge is 0.494 e. The molecule has 1 unspecified atom stereocenters. The first-order chi connectivity index (χ1) is 19.9. The predicted molar refractivity (Wildman–Crippen MR) is 152 cm³/mol. The molecule has 1 atom stereocenters. The molecule has 0 fully saturated rings. The van der Waals surface area contributed by atoms with E-state index in [1.165, 1.54) is 26.5 Å². The molecule has 0 aliphatic rings. The van der Waals surface area contributed by atoms with Crippen molar-refractivity contribution < 1.29 is 22.7 Å².